The van der Waals surface area contributed by atoms with Gasteiger partial charge >= 0.3 is 0 Å². The van der Waals surface area contributed by atoms with E-state index in [2.05, 4.69) is 42.2 Å². The topological polar surface area (TPSA) is 38.9 Å². The van der Waals surface area contributed by atoms with Crippen LogP contribution in [0.4, 0.5) is 0 Å². The van der Waals surface area contributed by atoms with Crippen LogP contribution in [0.25, 0.3) is 0 Å². The van der Waals surface area contributed by atoms with Crippen molar-refractivity contribution in [1.29, 1.82) is 0 Å². The summed E-state index contributed by atoms with van der Waals surface area (Å²) in [6.07, 6.45) is 5.55. The molecule has 1 unspecified atom stereocenters. The molecule has 1 aromatic carbocycles. The fourth-order valence-corrected chi connectivity index (χ4v) is 1.93. The van der Waals surface area contributed by atoms with Crippen molar-refractivity contribution in [1.82, 2.24) is 4.98 Å². The Morgan fingerprint density at radius 2 is 2.00 bits per heavy atom. The number of nitrogens with zero attached hydrogens (tertiary/aromatic N) is 1. The van der Waals surface area contributed by atoms with Crippen molar-refractivity contribution in [3.63, 3.8) is 0 Å². The highest BCUT2D eigenvalue weighted by Crippen LogP contribution is 2.17. The fourth-order valence-electron chi connectivity index (χ4n) is 1.93. The second kappa shape index (κ2) is 5.60. The van der Waals surface area contributed by atoms with Gasteiger partial charge in [-0.15, -0.1) is 0 Å². The molecule has 0 aliphatic heterocycles. The van der Waals surface area contributed by atoms with E-state index < -0.39 is 0 Å². The van der Waals surface area contributed by atoms with Crippen molar-refractivity contribution >= 4 is 0 Å². The molecule has 0 amide bonds. The number of nitrogens with two attached hydrogens (primary N) is 1. The van der Waals surface area contributed by atoms with Gasteiger partial charge < -0.3 is 5.73 Å². The van der Waals surface area contributed by atoms with E-state index in [4.69, 9.17) is 5.73 Å². The second-order valence-corrected chi connectivity index (χ2v) is 4.27. The molecule has 0 aliphatic carbocycles. The van der Waals surface area contributed by atoms with E-state index in [1.165, 1.54) is 16.7 Å². The Bertz CT molecular complexity index is 465. The van der Waals surface area contributed by atoms with Gasteiger partial charge in [-0.05, 0) is 35.6 Å². The first-order chi connectivity index (χ1) is 8.29. The minimum Gasteiger partial charge on any atom is -0.324 e. The van der Waals surface area contributed by atoms with Crippen LogP contribution in [0, 0.1) is 0 Å². The zero-order chi connectivity index (χ0) is 12.1. The zero-order valence-electron chi connectivity index (χ0n) is 10.1. The molecule has 0 saturated heterocycles. The maximum absolute atomic E-state index is 6.22. The fraction of sp³-hybridized carbons (Fsp3) is 0.267. The Labute approximate surface area is 103 Å². The van der Waals surface area contributed by atoms with Crippen LogP contribution in [0.3, 0.4) is 0 Å². The van der Waals surface area contributed by atoms with Crippen LogP contribution in [0.5, 0.6) is 0 Å². The van der Waals surface area contributed by atoms with Crippen LogP contribution in [-0.4, -0.2) is 4.98 Å². The molecular weight excluding hydrogens is 208 g/mol. The number of rotatable bonds is 4. The molecular formula is C15H18N2. The smallest absolute Gasteiger partial charge is 0.0336 e. The van der Waals surface area contributed by atoms with Crippen molar-refractivity contribution in [2.45, 2.75) is 25.8 Å². The minimum atomic E-state index is 0.0469. The van der Waals surface area contributed by atoms with Crippen LogP contribution in [0.15, 0.2) is 48.8 Å². The average Bonchev–Trinajstić information content (AvgIpc) is 2.40. The quantitative estimate of drug-likeness (QED) is 0.870. The van der Waals surface area contributed by atoms with Gasteiger partial charge in [0.2, 0.25) is 0 Å². The SMILES string of the molecule is CCc1cccc(C(N)Cc2cccnc2)c1. The van der Waals surface area contributed by atoms with E-state index in [-0.39, 0.29) is 6.04 Å². The number of benzene rings is 1. The Morgan fingerprint density at radius 3 is 2.71 bits per heavy atom. The highest BCUT2D eigenvalue weighted by atomic mass is 14.6. The summed E-state index contributed by atoms with van der Waals surface area (Å²) >= 11 is 0. The molecule has 0 saturated carbocycles. The van der Waals surface area contributed by atoms with Crippen LogP contribution >= 0.6 is 0 Å². The summed E-state index contributed by atoms with van der Waals surface area (Å²) < 4.78 is 0. The maximum atomic E-state index is 6.22. The van der Waals surface area contributed by atoms with Crippen LogP contribution in [-0.2, 0) is 12.8 Å². The molecule has 0 fully saturated rings. The summed E-state index contributed by atoms with van der Waals surface area (Å²) in [6.45, 7) is 2.16. The third-order valence-electron chi connectivity index (χ3n) is 2.97. The normalized spacial score (nSPS) is 12.4. The predicted octanol–water partition coefficient (Wildman–Crippen LogP) is 2.89. The number of aromatic nitrogens is 1. The molecule has 2 aromatic rings. The van der Waals surface area contributed by atoms with Gasteiger partial charge in [-0.25, -0.2) is 0 Å². The first-order valence-corrected chi connectivity index (χ1v) is 6.03. The molecule has 2 heteroatoms. The lowest BCUT2D eigenvalue weighted by Gasteiger charge is -2.13. The summed E-state index contributed by atoms with van der Waals surface area (Å²) in [6, 6.07) is 12.6. The van der Waals surface area contributed by atoms with Gasteiger partial charge in [0.25, 0.3) is 0 Å². The molecule has 2 nitrogen and oxygen atoms in total. The van der Waals surface area contributed by atoms with Crippen molar-refractivity contribution in [2.75, 3.05) is 0 Å². The average molecular weight is 226 g/mol. The molecule has 0 spiro atoms. The largest absolute Gasteiger partial charge is 0.324 e. The number of hydrogen-bond acceptors (Lipinski definition) is 2. The monoisotopic (exact) mass is 226 g/mol. The molecule has 2 N–H and O–H groups in total. The highest BCUT2D eigenvalue weighted by molar-refractivity contribution is 5.27. The molecule has 2 rings (SSSR count). The third kappa shape index (κ3) is 3.14. The number of aryl methyl sites for hydroxylation is 1. The molecule has 17 heavy (non-hydrogen) atoms. The van der Waals surface area contributed by atoms with E-state index in [0.717, 1.165) is 12.8 Å². The van der Waals surface area contributed by atoms with Gasteiger partial charge in [0.05, 0.1) is 0 Å². The Morgan fingerprint density at radius 1 is 1.18 bits per heavy atom. The molecule has 1 atom stereocenters. The zero-order valence-corrected chi connectivity index (χ0v) is 10.1. The van der Waals surface area contributed by atoms with E-state index in [9.17, 15) is 0 Å². The Kier molecular flexibility index (Phi) is 3.89. The second-order valence-electron chi connectivity index (χ2n) is 4.27. The summed E-state index contributed by atoms with van der Waals surface area (Å²) in [5.41, 5.74) is 9.94. The lowest BCUT2D eigenvalue weighted by atomic mass is 9.98. The first kappa shape index (κ1) is 11.8. The Hall–Kier alpha value is -1.67. The standard InChI is InChI=1S/C15H18N2/c1-2-12-5-3-7-14(9-12)15(16)10-13-6-4-8-17-11-13/h3-9,11,15H,2,10,16H2,1H3. The first-order valence-electron chi connectivity index (χ1n) is 6.03. The van der Waals surface area contributed by atoms with Crippen molar-refractivity contribution in [2.24, 2.45) is 5.73 Å². The number of pyridine rings is 1. The van der Waals surface area contributed by atoms with Gasteiger partial charge in [0, 0.05) is 18.4 Å². The van der Waals surface area contributed by atoms with Gasteiger partial charge in [0.15, 0.2) is 0 Å². The summed E-state index contributed by atoms with van der Waals surface area (Å²) in [5.74, 6) is 0. The molecule has 0 bridgehead atoms. The van der Waals surface area contributed by atoms with Crippen molar-refractivity contribution < 1.29 is 0 Å². The van der Waals surface area contributed by atoms with E-state index >= 15 is 0 Å². The van der Waals surface area contributed by atoms with Gasteiger partial charge in [-0.3, -0.25) is 4.98 Å². The maximum Gasteiger partial charge on any atom is 0.0336 e. The third-order valence-corrected chi connectivity index (χ3v) is 2.97. The molecule has 0 aliphatic rings. The lowest BCUT2D eigenvalue weighted by Crippen LogP contribution is -2.13. The molecule has 1 aromatic heterocycles. The van der Waals surface area contributed by atoms with Crippen LogP contribution < -0.4 is 5.73 Å². The van der Waals surface area contributed by atoms with Crippen molar-refractivity contribution in [3.8, 4) is 0 Å². The number of hydrogen-bond donors (Lipinski definition) is 1. The molecule has 88 valence electrons. The lowest BCUT2D eigenvalue weighted by molar-refractivity contribution is 0.718. The Balaban J connectivity index is 2.11. The van der Waals surface area contributed by atoms with Crippen LogP contribution in [0.1, 0.15) is 29.7 Å². The van der Waals surface area contributed by atoms with Gasteiger partial charge in [-0.1, -0.05) is 37.3 Å². The van der Waals surface area contributed by atoms with Crippen LogP contribution in [0.2, 0.25) is 0 Å². The van der Waals surface area contributed by atoms with E-state index in [1.807, 2.05) is 12.3 Å². The molecule has 1 heterocycles. The van der Waals surface area contributed by atoms with E-state index in [0.29, 0.717) is 0 Å². The van der Waals surface area contributed by atoms with Gasteiger partial charge in [-0.2, -0.15) is 0 Å². The highest BCUT2D eigenvalue weighted by Gasteiger charge is 2.07. The summed E-state index contributed by atoms with van der Waals surface area (Å²) in [7, 11) is 0. The van der Waals surface area contributed by atoms with E-state index in [1.54, 1.807) is 6.20 Å². The van der Waals surface area contributed by atoms with Gasteiger partial charge in [0.1, 0.15) is 0 Å². The predicted molar refractivity (Wildman–Crippen MR) is 70.7 cm³/mol. The summed E-state index contributed by atoms with van der Waals surface area (Å²) in [4.78, 5) is 4.11. The summed E-state index contributed by atoms with van der Waals surface area (Å²) in [5, 5.41) is 0. The van der Waals surface area contributed by atoms with Crippen molar-refractivity contribution in [3.05, 3.63) is 65.5 Å². The molecule has 0 radical (unpaired) electrons. The minimum absolute atomic E-state index is 0.0469.